The second-order valence-corrected chi connectivity index (χ2v) is 6.41. The summed E-state index contributed by atoms with van der Waals surface area (Å²) in [5, 5.41) is 5.98. The Hall–Kier alpha value is -2.35. The molecule has 112 valence electrons. The van der Waals surface area contributed by atoms with Gasteiger partial charge in [-0.25, -0.2) is 0 Å². The van der Waals surface area contributed by atoms with Crippen LogP contribution in [-0.2, 0) is 10.0 Å². The Balaban J connectivity index is 2.36. The Labute approximate surface area is 123 Å². The maximum Gasteiger partial charge on any atom is 0.278 e. The minimum Gasteiger partial charge on any atom is -0.345 e. The zero-order valence-corrected chi connectivity index (χ0v) is 12.7. The van der Waals surface area contributed by atoms with E-state index in [4.69, 9.17) is 0 Å². The van der Waals surface area contributed by atoms with E-state index in [9.17, 15) is 13.2 Å². The fraction of sp³-hybridized carbons (Fsp3) is 0.231. The number of sulfonamides is 1. The van der Waals surface area contributed by atoms with Crippen LogP contribution in [0.3, 0.4) is 0 Å². The molecule has 0 aliphatic rings. The number of carbonyl (C=O) groups is 1. The van der Waals surface area contributed by atoms with Gasteiger partial charge in [-0.15, -0.1) is 0 Å². The van der Waals surface area contributed by atoms with Gasteiger partial charge >= 0.3 is 0 Å². The number of amides is 1. The third kappa shape index (κ3) is 3.22. The van der Waals surface area contributed by atoms with Crippen LogP contribution in [0.25, 0.3) is 0 Å². The number of aromatic nitrogens is 2. The van der Waals surface area contributed by atoms with Crippen LogP contribution >= 0.6 is 0 Å². The molecule has 7 nitrogen and oxygen atoms in total. The number of nitrogens with zero attached hydrogens (tertiary/aromatic N) is 2. The number of H-pyrrole nitrogens is 1. The topological polar surface area (TPSA) is 95.2 Å². The van der Waals surface area contributed by atoms with E-state index < -0.39 is 10.0 Å². The van der Waals surface area contributed by atoms with Crippen molar-refractivity contribution in [3.05, 3.63) is 41.6 Å². The predicted octanol–water partition coefficient (Wildman–Crippen LogP) is 1.22. The molecule has 0 fully saturated rings. The van der Waals surface area contributed by atoms with Gasteiger partial charge in [0.15, 0.2) is 5.03 Å². The number of aryl methyl sites for hydroxylation is 1. The van der Waals surface area contributed by atoms with Crippen LogP contribution in [0.1, 0.15) is 15.9 Å². The van der Waals surface area contributed by atoms with E-state index in [0.29, 0.717) is 16.8 Å². The van der Waals surface area contributed by atoms with Gasteiger partial charge in [-0.05, 0) is 30.7 Å². The molecule has 0 spiro atoms. The standard InChI is InChI=1S/C13H16N4O3S/c1-9-4-5-10(13(18)17(2)3)8-11(9)16-21(19,20)12-6-7-14-15-12/h4-8,16H,1-3H3,(H,14,15). The van der Waals surface area contributed by atoms with Crippen LogP contribution in [0.5, 0.6) is 0 Å². The maximum absolute atomic E-state index is 12.2. The van der Waals surface area contributed by atoms with E-state index in [1.165, 1.54) is 23.2 Å². The van der Waals surface area contributed by atoms with E-state index in [0.717, 1.165) is 0 Å². The van der Waals surface area contributed by atoms with Gasteiger partial charge in [-0.1, -0.05) is 6.07 Å². The van der Waals surface area contributed by atoms with Crippen molar-refractivity contribution in [2.24, 2.45) is 0 Å². The van der Waals surface area contributed by atoms with Gasteiger partial charge in [0.05, 0.1) is 11.9 Å². The Morgan fingerprint density at radius 2 is 2.00 bits per heavy atom. The van der Waals surface area contributed by atoms with Gasteiger partial charge < -0.3 is 4.90 Å². The first-order valence-electron chi connectivity index (χ1n) is 6.16. The Bertz CT molecular complexity index is 752. The van der Waals surface area contributed by atoms with Gasteiger partial charge in [0.2, 0.25) is 0 Å². The van der Waals surface area contributed by atoms with E-state index in [-0.39, 0.29) is 10.9 Å². The molecule has 0 aliphatic carbocycles. The summed E-state index contributed by atoms with van der Waals surface area (Å²) in [6.45, 7) is 1.76. The summed E-state index contributed by atoms with van der Waals surface area (Å²) in [6, 6.07) is 6.23. The van der Waals surface area contributed by atoms with E-state index in [2.05, 4.69) is 14.9 Å². The molecule has 0 saturated heterocycles. The Kier molecular flexibility index (Phi) is 3.99. The van der Waals surface area contributed by atoms with Gasteiger partial charge in [-0.2, -0.15) is 13.5 Å². The molecule has 0 bridgehead atoms. The molecule has 0 atom stereocenters. The van der Waals surface area contributed by atoms with Gasteiger partial charge in [-0.3, -0.25) is 14.6 Å². The summed E-state index contributed by atoms with van der Waals surface area (Å²) >= 11 is 0. The monoisotopic (exact) mass is 308 g/mol. The van der Waals surface area contributed by atoms with Gasteiger partial charge in [0.25, 0.3) is 15.9 Å². The molecule has 1 aromatic carbocycles. The lowest BCUT2D eigenvalue weighted by Crippen LogP contribution is -2.22. The Morgan fingerprint density at radius 1 is 1.29 bits per heavy atom. The van der Waals surface area contributed by atoms with Crippen molar-refractivity contribution in [3.8, 4) is 0 Å². The minimum atomic E-state index is -3.75. The average molecular weight is 308 g/mol. The van der Waals surface area contributed by atoms with Crippen molar-refractivity contribution < 1.29 is 13.2 Å². The van der Waals surface area contributed by atoms with Gasteiger partial charge in [0, 0.05) is 19.7 Å². The summed E-state index contributed by atoms with van der Waals surface area (Å²) in [5.74, 6) is -0.197. The highest BCUT2D eigenvalue weighted by Gasteiger charge is 2.18. The molecule has 2 aromatic rings. The molecular formula is C13H16N4O3S. The van der Waals surface area contributed by atoms with Crippen LogP contribution in [-0.4, -0.2) is 43.5 Å². The summed E-state index contributed by atoms with van der Waals surface area (Å²) in [4.78, 5) is 13.4. The first-order chi connectivity index (χ1) is 9.81. The smallest absolute Gasteiger partial charge is 0.278 e. The summed E-state index contributed by atoms with van der Waals surface area (Å²) in [6.07, 6.45) is 1.35. The molecule has 1 aromatic heterocycles. The molecule has 21 heavy (non-hydrogen) atoms. The molecular weight excluding hydrogens is 292 g/mol. The fourth-order valence-corrected chi connectivity index (χ4v) is 2.75. The number of hydrogen-bond donors (Lipinski definition) is 2. The average Bonchev–Trinajstić information content (AvgIpc) is 2.95. The second kappa shape index (κ2) is 5.57. The molecule has 0 unspecified atom stereocenters. The largest absolute Gasteiger partial charge is 0.345 e. The number of carbonyl (C=O) groups excluding carboxylic acids is 1. The zero-order chi connectivity index (χ0) is 15.6. The van der Waals surface area contributed by atoms with E-state index >= 15 is 0 Å². The number of hydrogen-bond acceptors (Lipinski definition) is 4. The zero-order valence-electron chi connectivity index (χ0n) is 11.9. The van der Waals surface area contributed by atoms with Crippen molar-refractivity contribution in [1.82, 2.24) is 15.1 Å². The van der Waals surface area contributed by atoms with Crippen LogP contribution in [0.15, 0.2) is 35.5 Å². The molecule has 0 saturated carbocycles. The molecule has 2 rings (SSSR count). The predicted molar refractivity (Wildman–Crippen MR) is 78.6 cm³/mol. The first-order valence-corrected chi connectivity index (χ1v) is 7.64. The number of rotatable bonds is 4. The van der Waals surface area contributed by atoms with Crippen molar-refractivity contribution in [3.63, 3.8) is 0 Å². The van der Waals surface area contributed by atoms with Crippen molar-refractivity contribution in [2.45, 2.75) is 11.9 Å². The SMILES string of the molecule is Cc1ccc(C(=O)N(C)C)cc1NS(=O)(=O)c1ccn[nH]1. The molecule has 2 N–H and O–H groups in total. The summed E-state index contributed by atoms with van der Waals surface area (Å²) < 4.78 is 26.8. The van der Waals surface area contributed by atoms with Crippen molar-refractivity contribution in [2.75, 3.05) is 18.8 Å². The van der Waals surface area contributed by atoms with E-state index in [1.54, 1.807) is 33.2 Å². The quantitative estimate of drug-likeness (QED) is 0.888. The summed E-state index contributed by atoms with van der Waals surface area (Å²) in [5.41, 5.74) is 1.48. The first kappa shape index (κ1) is 15.0. The van der Waals surface area contributed by atoms with Crippen LogP contribution < -0.4 is 4.72 Å². The number of nitrogens with one attached hydrogen (secondary N) is 2. The van der Waals surface area contributed by atoms with Crippen LogP contribution in [0, 0.1) is 6.92 Å². The highest BCUT2D eigenvalue weighted by atomic mass is 32.2. The lowest BCUT2D eigenvalue weighted by atomic mass is 10.1. The van der Waals surface area contributed by atoms with Crippen molar-refractivity contribution >= 4 is 21.6 Å². The highest BCUT2D eigenvalue weighted by molar-refractivity contribution is 7.92. The molecule has 1 amide bonds. The van der Waals surface area contributed by atoms with Crippen LogP contribution in [0.4, 0.5) is 5.69 Å². The minimum absolute atomic E-state index is 0.0359. The number of benzene rings is 1. The van der Waals surface area contributed by atoms with Crippen molar-refractivity contribution in [1.29, 1.82) is 0 Å². The van der Waals surface area contributed by atoms with Crippen LogP contribution in [0.2, 0.25) is 0 Å². The molecule has 8 heteroatoms. The van der Waals surface area contributed by atoms with E-state index in [1.807, 2.05) is 0 Å². The lowest BCUT2D eigenvalue weighted by Gasteiger charge is -2.14. The maximum atomic E-state index is 12.2. The molecule has 0 aliphatic heterocycles. The third-order valence-electron chi connectivity index (χ3n) is 2.90. The molecule has 1 heterocycles. The normalized spacial score (nSPS) is 11.2. The summed E-state index contributed by atoms with van der Waals surface area (Å²) in [7, 11) is -0.477. The Morgan fingerprint density at radius 3 is 2.57 bits per heavy atom. The fourth-order valence-electron chi connectivity index (χ4n) is 1.72. The number of aromatic amines is 1. The highest BCUT2D eigenvalue weighted by Crippen LogP contribution is 2.21. The number of anilines is 1. The second-order valence-electron chi connectivity index (χ2n) is 4.76. The van der Waals surface area contributed by atoms with Gasteiger partial charge in [0.1, 0.15) is 0 Å². The lowest BCUT2D eigenvalue weighted by molar-refractivity contribution is 0.0827. The third-order valence-corrected chi connectivity index (χ3v) is 4.19. The molecule has 0 radical (unpaired) electrons.